The number of rotatable bonds is 4. The molecule has 0 spiro atoms. The zero-order chi connectivity index (χ0) is 22.8. The van der Waals surface area contributed by atoms with E-state index >= 15 is 0 Å². The van der Waals surface area contributed by atoms with Crippen molar-refractivity contribution in [3.8, 4) is 16.9 Å². The molecule has 0 bridgehead atoms. The molecule has 6 nitrogen and oxygen atoms in total. The van der Waals surface area contributed by atoms with E-state index in [0.29, 0.717) is 29.5 Å². The Hall–Kier alpha value is -3.71. The number of benzene rings is 2. The largest absolute Gasteiger partial charge is 0.368 e. The van der Waals surface area contributed by atoms with Gasteiger partial charge >= 0.3 is 0 Å². The summed E-state index contributed by atoms with van der Waals surface area (Å²) in [6, 6.07) is 19.3. The van der Waals surface area contributed by atoms with Gasteiger partial charge in [0, 0.05) is 54.8 Å². The van der Waals surface area contributed by atoms with Gasteiger partial charge in [-0.25, -0.2) is 9.07 Å². The molecule has 1 amide bonds. The van der Waals surface area contributed by atoms with Gasteiger partial charge in [0.15, 0.2) is 5.69 Å². The van der Waals surface area contributed by atoms with E-state index in [0.717, 1.165) is 30.0 Å². The molecule has 1 aliphatic heterocycles. The van der Waals surface area contributed by atoms with Gasteiger partial charge < -0.3 is 9.80 Å². The highest BCUT2D eigenvalue weighted by Crippen LogP contribution is 2.25. The Labute approximate surface area is 195 Å². The first-order chi connectivity index (χ1) is 16.1. The van der Waals surface area contributed by atoms with E-state index < -0.39 is 0 Å². The maximum atomic E-state index is 13.5. The molecule has 1 saturated heterocycles. The van der Waals surface area contributed by atoms with Crippen molar-refractivity contribution in [2.45, 2.75) is 0 Å². The van der Waals surface area contributed by atoms with Crippen LogP contribution in [0.3, 0.4) is 0 Å². The third-order valence-corrected chi connectivity index (χ3v) is 5.97. The highest BCUT2D eigenvalue weighted by atomic mass is 35.5. The molecule has 33 heavy (non-hydrogen) atoms. The smallest absolute Gasteiger partial charge is 0.274 e. The van der Waals surface area contributed by atoms with Gasteiger partial charge in [-0.15, -0.1) is 0 Å². The molecule has 2 aromatic heterocycles. The van der Waals surface area contributed by atoms with Crippen LogP contribution in [0.15, 0.2) is 79.1 Å². The summed E-state index contributed by atoms with van der Waals surface area (Å²) in [6.07, 6.45) is 3.41. The molecule has 0 N–H and O–H groups in total. The van der Waals surface area contributed by atoms with Crippen molar-refractivity contribution in [2.75, 3.05) is 31.1 Å². The molecule has 0 aliphatic carbocycles. The zero-order valence-corrected chi connectivity index (χ0v) is 18.5. The van der Waals surface area contributed by atoms with Gasteiger partial charge in [0.25, 0.3) is 5.91 Å². The van der Waals surface area contributed by atoms with Gasteiger partial charge in [-0.2, -0.15) is 5.10 Å². The second-order valence-electron chi connectivity index (χ2n) is 7.80. The van der Waals surface area contributed by atoms with Crippen LogP contribution in [0.4, 0.5) is 10.1 Å². The van der Waals surface area contributed by atoms with Gasteiger partial charge in [-0.3, -0.25) is 9.78 Å². The van der Waals surface area contributed by atoms with Gasteiger partial charge in [0.2, 0.25) is 0 Å². The van der Waals surface area contributed by atoms with E-state index in [1.54, 1.807) is 35.3 Å². The van der Waals surface area contributed by atoms with E-state index in [9.17, 15) is 9.18 Å². The number of carbonyl (C=O) groups excluding carboxylic acids is 1. The third kappa shape index (κ3) is 4.45. The summed E-state index contributed by atoms with van der Waals surface area (Å²) in [4.78, 5) is 21.5. The van der Waals surface area contributed by atoms with Crippen molar-refractivity contribution in [2.24, 2.45) is 0 Å². The van der Waals surface area contributed by atoms with E-state index in [1.165, 1.54) is 12.1 Å². The lowest BCUT2D eigenvalue weighted by molar-refractivity contribution is 0.0740. The zero-order valence-electron chi connectivity index (χ0n) is 17.7. The molecule has 1 fully saturated rings. The summed E-state index contributed by atoms with van der Waals surface area (Å²) in [5.74, 6) is -0.458. The van der Waals surface area contributed by atoms with E-state index in [2.05, 4.69) is 15.0 Å². The predicted octanol–water partition coefficient (Wildman–Crippen LogP) is 4.69. The van der Waals surface area contributed by atoms with Crippen LogP contribution in [0.1, 0.15) is 10.5 Å². The van der Waals surface area contributed by atoms with Gasteiger partial charge in [0.1, 0.15) is 5.82 Å². The first-order valence-corrected chi connectivity index (χ1v) is 11.0. The molecule has 0 saturated carbocycles. The minimum atomic E-state index is -0.330. The number of halogens is 2. The number of hydrogen-bond donors (Lipinski definition) is 0. The molecule has 2 aromatic carbocycles. The van der Waals surface area contributed by atoms with Gasteiger partial charge in [0.05, 0.1) is 11.4 Å². The number of nitrogens with zero attached hydrogens (tertiary/aromatic N) is 5. The summed E-state index contributed by atoms with van der Waals surface area (Å²) in [6.45, 7) is 2.63. The fourth-order valence-corrected chi connectivity index (χ4v) is 4.09. The molecular weight excluding hydrogens is 441 g/mol. The highest BCUT2D eigenvalue weighted by molar-refractivity contribution is 6.30. The first kappa shape index (κ1) is 21.2. The van der Waals surface area contributed by atoms with Crippen molar-refractivity contribution in [1.82, 2.24) is 19.7 Å². The van der Waals surface area contributed by atoms with Crippen LogP contribution in [-0.4, -0.2) is 51.8 Å². The summed E-state index contributed by atoms with van der Waals surface area (Å²) in [5, 5.41) is 5.30. The Bertz CT molecular complexity index is 1250. The Balaban J connectivity index is 1.39. The highest BCUT2D eigenvalue weighted by Gasteiger charge is 2.25. The molecule has 1 aliphatic rings. The lowest BCUT2D eigenvalue weighted by atomic mass is 10.2. The van der Waals surface area contributed by atoms with Gasteiger partial charge in [-0.1, -0.05) is 11.6 Å². The molecule has 5 rings (SSSR count). The number of carbonyl (C=O) groups is 1. The average Bonchev–Trinajstić information content (AvgIpc) is 3.31. The van der Waals surface area contributed by atoms with E-state index in [1.807, 2.05) is 41.3 Å². The number of amides is 1. The minimum absolute atomic E-state index is 0.128. The SMILES string of the molecule is O=C(c1cc(-c2cccnc2)n(-c2ccc(F)cc2)n1)N1CCN(c2ccc(Cl)cc2)CC1. The van der Waals surface area contributed by atoms with Gasteiger partial charge in [-0.05, 0) is 66.7 Å². The Morgan fingerprint density at radius 3 is 2.27 bits per heavy atom. The minimum Gasteiger partial charge on any atom is -0.368 e. The topological polar surface area (TPSA) is 54.3 Å². The molecule has 166 valence electrons. The van der Waals surface area contributed by atoms with Crippen LogP contribution < -0.4 is 4.90 Å². The number of hydrogen-bond acceptors (Lipinski definition) is 4. The Morgan fingerprint density at radius 1 is 0.909 bits per heavy atom. The van der Waals surface area contributed by atoms with Crippen molar-refractivity contribution in [1.29, 1.82) is 0 Å². The third-order valence-electron chi connectivity index (χ3n) is 5.72. The Kier molecular flexibility index (Phi) is 5.79. The van der Waals surface area contributed by atoms with E-state index in [-0.39, 0.29) is 11.7 Å². The summed E-state index contributed by atoms with van der Waals surface area (Å²) in [5.41, 5.74) is 3.64. The van der Waals surface area contributed by atoms with Crippen LogP contribution in [0, 0.1) is 5.82 Å². The quantitative estimate of drug-likeness (QED) is 0.442. The molecule has 0 unspecified atom stereocenters. The molecule has 0 radical (unpaired) electrons. The average molecular weight is 462 g/mol. The molecule has 0 atom stereocenters. The number of pyridine rings is 1. The van der Waals surface area contributed by atoms with Crippen molar-refractivity contribution >= 4 is 23.2 Å². The molecule has 3 heterocycles. The second-order valence-corrected chi connectivity index (χ2v) is 8.24. The summed E-state index contributed by atoms with van der Waals surface area (Å²) in [7, 11) is 0. The van der Waals surface area contributed by atoms with Crippen LogP contribution in [0.2, 0.25) is 5.02 Å². The number of aromatic nitrogens is 3. The van der Waals surface area contributed by atoms with Crippen LogP contribution in [-0.2, 0) is 0 Å². The molecule has 4 aromatic rings. The fraction of sp³-hybridized carbons (Fsp3) is 0.160. The lowest BCUT2D eigenvalue weighted by Crippen LogP contribution is -2.48. The van der Waals surface area contributed by atoms with Crippen molar-refractivity contribution < 1.29 is 9.18 Å². The molecular formula is C25H21ClFN5O. The normalized spacial score (nSPS) is 13.9. The monoisotopic (exact) mass is 461 g/mol. The first-order valence-electron chi connectivity index (χ1n) is 10.6. The summed E-state index contributed by atoms with van der Waals surface area (Å²) >= 11 is 5.99. The Morgan fingerprint density at radius 2 is 1.61 bits per heavy atom. The van der Waals surface area contributed by atoms with Crippen molar-refractivity contribution in [3.05, 3.63) is 95.7 Å². The summed E-state index contributed by atoms with van der Waals surface area (Å²) < 4.78 is 15.1. The standard InChI is InChI=1S/C25H21ClFN5O/c26-19-3-7-21(8-4-19)30-12-14-31(15-13-30)25(33)23-16-24(18-2-1-11-28-17-18)32(29-23)22-9-5-20(27)6-10-22/h1-11,16-17H,12-15H2. The fourth-order valence-electron chi connectivity index (χ4n) is 3.97. The lowest BCUT2D eigenvalue weighted by Gasteiger charge is -2.35. The van der Waals surface area contributed by atoms with Crippen LogP contribution in [0.5, 0.6) is 0 Å². The maximum Gasteiger partial charge on any atom is 0.274 e. The predicted molar refractivity (Wildman–Crippen MR) is 126 cm³/mol. The van der Waals surface area contributed by atoms with Crippen LogP contribution in [0.25, 0.3) is 16.9 Å². The van der Waals surface area contributed by atoms with E-state index in [4.69, 9.17) is 11.6 Å². The maximum absolute atomic E-state index is 13.5. The van der Waals surface area contributed by atoms with Crippen LogP contribution >= 0.6 is 11.6 Å². The van der Waals surface area contributed by atoms with Crippen molar-refractivity contribution in [3.63, 3.8) is 0 Å². The number of anilines is 1. The number of piperazine rings is 1. The molecule has 8 heteroatoms. The second kappa shape index (κ2) is 9.03.